The maximum atomic E-state index is 12.8. The fourth-order valence-corrected chi connectivity index (χ4v) is 2.02. The van der Waals surface area contributed by atoms with Gasteiger partial charge in [-0.1, -0.05) is 11.6 Å². The Balaban J connectivity index is 2.31. The van der Waals surface area contributed by atoms with E-state index >= 15 is 0 Å². The molecule has 0 fully saturated rings. The van der Waals surface area contributed by atoms with Crippen molar-refractivity contribution < 1.29 is 22.8 Å². The van der Waals surface area contributed by atoms with Crippen molar-refractivity contribution in [2.24, 2.45) is 0 Å². The van der Waals surface area contributed by atoms with E-state index in [0.717, 1.165) is 12.1 Å². The number of benzene rings is 1. The van der Waals surface area contributed by atoms with Gasteiger partial charge in [-0.2, -0.15) is 18.2 Å². The van der Waals surface area contributed by atoms with Crippen molar-refractivity contribution in [1.29, 1.82) is 0 Å². The van der Waals surface area contributed by atoms with Crippen LogP contribution in [-0.2, 0) is 15.8 Å². The number of rotatable bonds is 2. The molecule has 1 aliphatic heterocycles. The van der Waals surface area contributed by atoms with Crippen molar-refractivity contribution in [3.05, 3.63) is 39.9 Å². The van der Waals surface area contributed by atoms with E-state index in [1.165, 1.54) is 19.9 Å². The van der Waals surface area contributed by atoms with Crippen molar-refractivity contribution in [3.63, 3.8) is 0 Å². The van der Waals surface area contributed by atoms with Gasteiger partial charge < -0.3 is 0 Å². The first-order valence-corrected chi connectivity index (χ1v) is 6.20. The summed E-state index contributed by atoms with van der Waals surface area (Å²) in [5.41, 5.74) is 1.76. The van der Waals surface area contributed by atoms with Crippen LogP contribution in [0.25, 0.3) is 0 Å². The molecule has 112 valence electrons. The van der Waals surface area contributed by atoms with Crippen LogP contribution in [0.15, 0.2) is 29.3 Å². The molecule has 0 atom stereocenters. The fraction of sp³-hybridized carbons (Fsp3) is 0.231. The van der Waals surface area contributed by atoms with Crippen LogP contribution >= 0.6 is 11.6 Å². The quantitative estimate of drug-likeness (QED) is 0.850. The molecule has 1 N–H and O–H groups in total. The number of imide groups is 1. The van der Waals surface area contributed by atoms with E-state index in [9.17, 15) is 22.8 Å². The van der Waals surface area contributed by atoms with Gasteiger partial charge in [0.05, 0.1) is 16.3 Å². The lowest BCUT2D eigenvalue weighted by molar-refractivity contribution is -0.137. The number of hydrogen-bond acceptors (Lipinski definition) is 3. The lowest BCUT2D eigenvalue weighted by Crippen LogP contribution is -2.36. The van der Waals surface area contributed by atoms with Crippen molar-refractivity contribution >= 4 is 29.1 Å². The SMILES string of the molecule is CC1=C(C)C(=O)N(Nc2ccc(Cl)c(C(F)(F)F)c2)C1=O. The average Bonchev–Trinajstić information content (AvgIpc) is 2.57. The van der Waals surface area contributed by atoms with Gasteiger partial charge in [0.1, 0.15) is 0 Å². The zero-order chi connectivity index (χ0) is 15.9. The maximum absolute atomic E-state index is 12.8. The number of hydrazine groups is 1. The largest absolute Gasteiger partial charge is 0.417 e. The predicted octanol–water partition coefficient (Wildman–Crippen LogP) is 3.39. The number of halogens is 4. The van der Waals surface area contributed by atoms with Crippen LogP contribution in [0.3, 0.4) is 0 Å². The highest BCUT2D eigenvalue weighted by Crippen LogP contribution is 2.36. The van der Waals surface area contributed by atoms with E-state index in [1.54, 1.807) is 0 Å². The van der Waals surface area contributed by atoms with Crippen LogP contribution in [0.4, 0.5) is 18.9 Å². The van der Waals surface area contributed by atoms with Crippen molar-refractivity contribution in [2.75, 3.05) is 5.43 Å². The van der Waals surface area contributed by atoms with Crippen LogP contribution in [0.1, 0.15) is 19.4 Å². The third kappa shape index (κ3) is 2.73. The number of carbonyl (C=O) groups is 2. The molecule has 0 bridgehead atoms. The maximum Gasteiger partial charge on any atom is 0.417 e. The summed E-state index contributed by atoms with van der Waals surface area (Å²) in [5, 5.41) is 0.214. The van der Waals surface area contributed by atoms with Gasteiger partial charge in [0.15, 0.2) is 0 Å². The molecule has 0 aromatic heterocycles. The van der Waals surface area contributed by atoms with Gasteiger partial charge >= 0.3 is 6.18 Å². The molecule has 4 nitrogen and oxygen atoms in total. The van der Waals surface area contributed by atoms with Gasteiger partial charge in [0.25, 0.3) is 11.8 Å². The molecule has 1 aromatic rings. The van der Waals surface area contributed by atoms with Gasteiger partial charge in [0.2, 0.25) is 0 Å². The lowest BCUT2D eigenvalue weighted by Gasteiger charge is -2.18. The number of anilines is 1. The highest BCUT2D eigenvalue weighted by atomic mass is 35.5. The Morgan fingerprint density at radius 1 is 1.10 bits per heavy atom. The normalized spacial score (nSPS) is 16.0. The molecular formula is C13H10ClF3N2O2. The Morgan fingerprint density at radius 3 is 2.10 bits per heavy atom. The molecule has 0 saturated heterocycles. The Hall–Kier alpha value is -2.02. The summed E-state index contributed by atoms with van der Waals surface area (Å²) < 4.78 is 38.3. The molecule has 0 radical (unpaired) electrons. The van der Waals surface area contributed by atoms with Crippen LogP contribution in [0.5, 0.6) is 0 Å². The number of amides is 2. The highest BCUT2D eigenvalue weighted by molar-refractivity contribution is 6.31. The third-order valence-electron chi connectivity index (χ3n) is 3.12. The van der Waals surface area contributed by atoms with Crippen molar-refractivity contribution in [2.45, 2.75) is 20.0 Å². The first-order valence-electron chi connectivity index (χ1n) is 5.82. The summed E-state index contributed by atoms with van der Waals surface area (Å²) in [7, 11) is 0. The van der Waals surface area contributed by atoms with Crippen LogP contribution in [0, 0.1) is 0 Å². The minimum atomic E-state index is -4.63. The standard InChI is InChI=1S/C13H10ClF3N2O2/c1-6-7(2)12(21)19(11(6)20)18-8-3-4-10(14)9(5-8)13(15,16)17/h3-5,18H,1-2H3. The Kier molecular flexibility index (Phi) is 3.71. The topological polar surface area (TPSA) is 49.4 Å². The number of alkyl halides is 3. The summed E-state index contributed by atoms with van der Waals surface area (Å²) in [5.74, 6) is -1.19. The summed E-state index contributed by atoms with van der Waals surface area (Å²) >= 11 is 5.50. The number of nitrogens with one attached hydrogen (secondary N) is 1. The summed E-state index contributed by atoms with van der Waals surface area (Å²) in [6, 6.07) is 3.04. The van der Waals surface area contributed by atoms with Gasteiger partial charge in [-0.25, -0.2) is 0 Å². The monoisotopic (exact) mass is 318 g/mol. The summed E-state index contributed by atoms with van der Waals surface area (Å²) in [4.78, 5) is 23.6. The molecule has 2 rings (SSSR count). The molecule has 21 heavy (non-hydrogen) atoms. The summed E-state index contributed by atoms with van der Waals surface area (Å²) in [6.07, 6.45) is -4.63. The molecule has 2 amide bonds. The van der Waals surface area contributed by atoms with E-state index in [2.05, 4.69) is 5.43 Å². The molecule has 1 aliphatic rings. The minimum Gasteiger partial charge on any atom is -0.288 e. The van der Waals surface area contributed by atoms with Gasteiger partial charge in [-0.15, -0.1) is 0 Å². The second-order valence-corrected chi connectivity index (χ2v) is 4.91. The Morgan fingerprint density at radius 2 is 1.62 bits per heavy atom. The molecule has 0 unspecified atom stereocenters. The van der Waals surface area contributed by atoms with E-state index in [-0.39, 0.29) is 16.8 Å². The first-order chi connectivity index (χ1) is 9.62. The Labute approximate surface area is 123 Å². The third-order valence-corrected chi connectivity index (χ3v) is 3.45. The van der Waals surface area contributed by atoms with Gasteiger partial charge in [-0.3, -0.25) is 15.0 Å². The Bertz CT molecular complexity index is 644. The molecule has 0 saturated carbocycles. The number of nitrogens with zero attached hydrogens (tertiary/aromatic N) is 1. The molecule has 1 aromatic carbocycles. The summed E-state index contributed by atoms with van der Waals surface area (Å²) in [6.45, 7) is 2.94. The molecule has 1 heterocycles. The van der Waals surface area contributed by atoms with Crippen molar-refractivity contribution in [3.8, 4) is 0 Å². The average molecular weight is 319 g/mol. The van der Waals surface area contributed by atoms with Crippen LogP contribution in [0.2, 0.25) is 5.02 Å². The van der Waals surface area contributed by atoms with Crippen LogP contribution < -0.4 is 5.43 Å². The second-order valence-electron chi connectivity index (χ2n) is 4.50. The van der Waals surface area contributed by atoms with E-state index in [4.69, 9.17) is 11.6 Å². The molecule has 8 heteroatoms. The second kappa shape index (κ2) is 5.07. The lowest BCUT2D eigenvalue weighted by atomic mass is 10.2. The zero-order valence-corrected chi connectivity index (χ0v) is 11.8. The van der Waals surface area contributed by atoms with Crippen molar-refractivity contribution in [1.82, 2.24) is 5.01 Å². The van der Waals surface area contributed by atoms with Gasteiger partial charge in [0, 0.05) is 11.1 Å². The number of hydrogen-bond donors (Lipinski definition) is 1. The smallest absolute Gasteiger partial charge is 0.288 e. The van der Waals surface area contributed by atoms with Gasteiger partial charge in [-0.05, 0) is 32.0 Å². The van der Waals surface area contributed by atoms with E-state index in [1.807, 2.05) is 0 Å². The molecular weight excluding hydrogens is 309 g/mol. The minimum absolute atomic E-state index is 0.0593. The van der Waals surface area contributed by atoms with E-state index < -0.39 is 28.6 Å². The van der Waals surface area contributed by atoms with E-state index in [0.29, 0.717) is 5.01 Å². The molecule has 0 aliphatic carbocycles. The van der Waals surface area contributed by atoms with Crippen LogP contribution in [-0.4, -0.2) is 16.8 Å². The number of carbonyl (C=O) groups excluding carboxylic acids is 2. The first kappa shape index (κ1) is 15.4. The highest BCUT2D eigenvalue weighted by Gasteiger charge is 2.36. The zero-order valence-electron chi connectivity index (χ0n) is 11.0. The predicted molar refractivity (Wildman–Crippen MR) is 70.3 cm³/mol. The molecule has 0 spiro atoms. The fourth-order valence-electron chi connectivity index (χ4n) is 1.79.